The van der Waals surface area contributed by atoms with Crippen LogP contribution in [0.25, 0.3) is 0 Å². The average Bonchev–Trinajstić information content (AvgIpc) is 2.92. The van der Waals surface area contributed by atoms with Crippen molar-refractivity contribution in [3.8, 4) is 6.19 Å². The van der Waals surface area contributed by atoms with E-state index in [1.807, 2.05) is 11.1 Å². The van der Waals surface area contributed by atoms with Crippen LogP contribution in [0.2, 0.25) is 0 Å². The molecule has 2 saturated heterocycles. The summed E-state index contributed by atoms with van der Waals surface area (Å²) in [4.78, 5) is 36.1. The molecule has 3 rings (SSSR count). The lowest BCUT2D eigenvalue weighted by Gasteiger charge is -2.37. The number of likely N-dealkylation sites (N-methyl/N-ethyl adjacent to an activating group) is 1. The minimum Gasteiger partial charge on any atom is -0.449 e. The van der Waals surface area contributed by atoms with Crippen molar-refractivity contribution in [1.29, 1.82) is 5.26 Å². The molecule has 3 aliphatic rings. The Morgan fingerprint density at radius 1 is 1.16 bits per heavy atom. The molecular weight excluding hydrogens is 472 g/mol. The number of guanidine groups is 1. The Morgan fingerprint density at radius 3 is 2.41 bits per heavy atom. The standard InChI is InChI=1S/C27H46N6O4/c1-5-27(2)10-6-21(7-11-27)18-23(24(34)32(4)20-28)29-25(33-14-16-36-17-15-33)30-26(35)37-19-22-8-12-31(3)13-9-22/h21-23H,5-19H2,1-4H3,(H,29,30,35). The molecule has 2 amide bonds. The van der Waals surface area contributed by atoms with Crippen LogP contribution in [0.1, 0.15) is 65.2 Å². The first-order chi connectivity index (χ1) is 17.7. The molecule has 0 bridgehead atoms. The molecule has 1 unspecified atom stereocenters. The summed E-state index contributed by atoms with van der Waals surface area (Å²) < 4.78 is 11.1. The van der Waals surface area contributed by atoms with Crippen molar-refractivity contribution in [3.05, 3.63) is 0 Å². The fourth-order valence-corrected chi connectivity index (χ4v) is 5.43. The van der Waals surface area contributed by atoms with Crippen LogP contribution < -0.4 is 5.32 Å². The van der Waals surface area contributed by atoms with E-state index < -0.39 is 12.1 Å². The molecule has 0 radical (unpaired) electrons. The van der Waals surface area contributed by atoms with Gasteiger partial charge in [-0.2, -0.15) is 5.26 Å². The molecule has 1 saturated carbocycles. The Morgan fingerprint density at radius 2 is 1.81 bits per heavy atom. The highest BCUT2D eigenvalue weighted by Crippen LogP contribution is 2.42. The lowest BCUT2D eigenvalue weighted by molar-refractivity contribution is -0.128. The average molecular weight is 519 g/mol. The van der Waals surface area contributed by atoms with Gasteiger partial charge in [-0.3, -0.25) is 15.0 Å². The van der Waals surface area contributed by atoms with Gasteiger partial charge in [-0.25, -0.2) is 9.79 Å². The number of hydrogen-bond donors (Lipinski definition) is 1. The number of aliphatic imine (C=N–C) groups is 1. The van der Waals surface area contributed by atoms with E-state index >= 15 is 0 Å². The van der Waals surface area contributed by atoms with Crippen LogP contribution in [0.4, 0.5) is 4.79 Å². The second-order valence-corrected chi connectivity index (χ2v) is 11.4. The number of carbonyl (C=O) groups excluding carboxylic acids is 2. The van der Waals surface area contributed by atoms with Gasteiger partial charge < -0.3 is 19.3 Å². The van der Waals surface area contributed by atoms with Crippen LogP contribution in [0, 0.1) is 28.7 Å². The minimum absolute atomic E-state index is 0.329. The van der Waals surface area contributed by atoms with Gasteiger partial charge in [0.05, 0.1) is 19.8 Å². The second-order valence-electron chi connectivity index (χ2n) is 11.4. The third-order valence-electron chi connectivity index (χ3n) is 8.58. The first kappa shape index (κ1) is 29.2. The lowest BCUT2D eigenvalue weighted by Crippen LogP contribution is -2.50. The summed E-state index contributed by atoms with van der Waals surface area (Å²) in [5.74, 6) is 0.685. The molecule has 37 heavy (non-hydrogen) atoms. The highest BCUT2D eigenvalue weighted by Gasteiger charge is 2.34. The highest BCUT2D eigenvalue weighted by atomic mass is 16.5. The summed E-state index contributed by atoms with van der Waals surface area (Å²) in [6.07, 6.45) is 9.43. The van der Waals surface area contributed by atoms with E-state index in [0.717, 1.165) is 62.9 Å². The van der Waals surface area contributed by atoms with Crippen LogP contribution in [-0.4, -0.2) is 98.8 Å². The van der Waals surface area contributed by atoms with E-state index in [1.165, 1.54) is 7.05 Å². The number of nitrogens with zero attached hydrogens (tertiary/aromatic N) is 5. The molecule has 208 valence electrons. The number of alkyl carbamates (subject to hydrolysis) is 1. The molecule has 0 spiro atoms. The van der Waals surface area contributed by atoms with Gasteiger partial charge in [-0.15, -0.1) is 0 Å². The Kier molecular flexibility index (Phi) is 11.0. The van der Waals surface area contributed by atoms with Gasteiger partial charge >= 0.3 is 6.09 Å². The Hall–Kier alpha value is -2.38. The fourth-order valence-electron chi connectivity index (χ4n) is 5.43. The van der Waals surface area contributed by atoms with E-state index in [2.05, 4.69) is 31.1 Å². The van der Waals surface area contributed by atoms with Gasteiger partial charge in [-0.05, 0) is 82.3 Å². The number of rotatable bonds is 7. The Bertz CT molecular complexity index is 821. The maximum atomic E-state index is 13.2. The number of nitrogens with one attached hydrogen (secondary N) is 1. The number of piperidine rings is 1. The SMILES string of the molecule is CCC1(C)CCC(CC(N=C(NC(=O)OCC2CCN(C)CC2)N2CCOCC2)C(=O)N(C)C#N)CC1. The van der Waals surface area contributed by atoms with Crippen LogP contribution >= 0.6 is 0 Å². The molecule has 10 nitrogen and oxygen atoms in total. The van der Waals surface area contributed by atoms with Crippen molar-refractivity contribution < 1.29 is 19.1 Å². The number of amides is 2. The molecule has 0 aromatic heterocycles. The largest absolute Gasteiger partial charge is 0.449 e. The third kappa shape index (κ3) is 8.85. The summed E-state index contributed by atoms with van der Waals surface area (Å²) in [7, 11) is 3.57. The monoisotopic (exact) mass is 518 g/mol. The third-order valence-corrected chi connectivity index (χ3v) is 8.58. The first-order valence-electron chi connectivity index (χ1n) is 13.9. The van der Waals surface area contributed by atoms with Gasteiger partial charge in [0.2, 0.25) is 5.96 Å². The van der Waals surface area contributed by atoms with Gasteiger partial charge in [0, 0.05) is 20.1 Å². The predicted octanol–water partition coefficient (Wildman–Crippen LogP) is 3.05. The summed E-state index contributed by atoms with van der Waals surface area (Å²) in [6, 6.07) is -0.743. The summed E-state index contributed by atoms with van der Waals surface area (Å²) >= 11 is 0. The molecular formula is C27H46N6O4. The van der Waals surface area contributed by atoms with Gasteiger partial charge in [0.15, 0.2) is 6.19 Å². The van der Waals surface area contributed by atoms with Crippen LogP contribution in [0.5, 0.6) is 0 Å². The molecule has 0 aromatic rings. The molecule has 1 N–H and O–H groups in total. The van der Waals surface area contributed by atoms with Gasteiger partial charge in [0.1, 0.15) is 6.04 Å². The van der Waals surface area contributed by atoms with Crippen LogP contribution in [0.15, 0.2) is 4.99 Å². The van der Waals surface area contributed by atoms with Crippen molar-refractivity contribution in [2.45, 2.75) is 71.3 Å². The molecule has 2 heterocycles. The van der Waals surface area contributed by atoms with E-state index in [0.29, 0.717) is 62.5 Å². The van der Waals surface area contributed by atoms with Crippen molar-refractivity contribution in [3.63, 3.8) is 0 Å². The van der Waals surface area contributed by atoms with Crippen molar-refractivity contribution >= 4 is 18.0 Å². The number of likely N-dealkylation sites (tertiary alicyclic amines) is 1. The number of hydrogen-bond acceptors (Lipinski definition) is 7. The maximum absolute atomic E-state index is 13.2. The predicted molar refractivity (Wildman–Crippen MR) is 142 cm³/mol. The van der Waals surface area contributed by atoms with Gasteiger partial charge in [-0.1, -0.05) is 20.3 Å². The molecule has 1 atom stereocenters. The van der Waals surface area contributed by atoms with E-state index in [-0.39, 0.29) is 5.91 Å². The van der Waals surface area contributed by atoms with Crippen molar-refractivity contribution in [1.82, 2.24) is 20.0 Å². The zero-order valence-corrected chi connectivity index (χ0v) is 23.2. The summed E-state index contributed by atoms with van der Waals surface area (Å²) in [6.45, 7) is 9.10. The van der Waals surface area contributed by atoms with Crippen LogP contribution in [0.3, 0.4) is 0 Å². The second kappa shape index (κ2) is 14.0. The Balaban J connectivity index is 1.72. The van der Waals surface area contributed by atoms with Crippen molar-refractivity contribution in [2.24, 2.45) is 22.2 Å². The number of carbonyl (C=O) groups is 2. The van der Waals surface area contributed by atoms with E-state index in [1.54, 1.807) is 0 Å². The number of morpholine rings is 1. The fraction of sp³-hybridized carbons (Fsp3) is 0.852. The lowest BCUT2D eigenvalue weighted by atomic mass is 9.69. The molecule has 3 fully saturated rings. The zero-order valence-electron chi connectivity index (χ0n) is 23.2. The molecule has 0 aromatic carbocycles. The first-order valence-corrected chi connectivity index (χ1v) is 13.9. The quantitative estimate of drug-likeness (QED) is 0.239. The zero-order chi connectivity index (χ0) is 26.8. The molecule has 2 aliphatic heterocycles. The smallest absolute Gasteiger partial charge is 0.413 e. The number of nitriles is 1. The summed E-state index contributed by atoms with van der Waals surface area (Å²) in [5, 5.41) is 12.2. The number of ether oxygens (including phenoxy) is 2. The van der Waals surface area contributed by atoms with Crippen LogP contribution in [-0.2, 0) is 14.3 Å². The normalized spacial score (nSPS) is 26.7. The minimum atomic E-state index is -0.743. The molecule has 1 aliphatic carbocycles. The van der Waals surface area contributed by atoms with E-state index in [9.17, 15) is 14.9 Å². The maximum Gasteiger partial charge on any atom is 0.413 e. The van der Waals surface area contributed by atoms with E-state index in [4.69, 9.17) is 14.5 Å². The highest BCUT2D eigenvalue weighted by molar-refractivity contribution is 5.96. The summed E-state index contributed by atoms with van der Waals surface area (Å²) in [5.41, 5.74) is 0.362. The van der Waals surface area contributed by atoms with Crippen molar-refractivity contribution in [2.75, 3.05) is 60.1 Å². The Labute approximate surface area is 222 Å². The van der Waals surface area contributed by atoms with Gasteiger partial charge in [0.25, 0.3) is 5.91 Å². The topological polar surface area (TPSA) is 110 Å². The molecule has 10 heteroatoms.